The van der Waals surface area contributed by atoms with Crippen molar-refractivity contribution in [2.45, 2.75) is 0 Å². The van der Waals surface area contributed by atoms with Crippen LogP contribution in [0.2, 0.25) is 0 Å². The van der Waals surface area contributed by atoms with Crippen LogP contribution in [0.3, 0.4) is 0 Å². The van der Waals surface area contributed by atoms with Crippen molar-refractivity contribution in [2.24, 2.45) is 0 Å². The Labute approximate surface area is 237 Å². The van der Waals surface area contributed by atoms with Gasteiger partial charge >= 0.3 is 0 Å². The molecule has 0 aliphatic carbocycles. The van der Waals surface area contributed by atoms with Crippen molar-refractivity contribution in [1.29, 1.82) is 0 Å². The molecule has 0 atom stereocenters. The van der Waals surface area contributed by atoms with Gasteiger partial charge in [-0.05, 0) is 59.3 Å². The van der Waals surface area contributed by atoms with Gasteiger partial charge in [-0.15, -0.1) is 11.3 Å². The summed E-state index contributed by atoms with van der Waals surface area (Å²) < 4.78 is 11.2. The van der Waals surface area contributed by atoms with Crippen molar-refractivity contribution in [1.82, 2.24) is 14.5 Å². The minimum Gasteiger partial charge on any atom is -0.456 e. The van der Waals surface area contributed by atoms with Crippen molar-refractivity contribution < 1.29 is 4.74 Å². The van der Waals surface area contributed by atoms with Gasteiger partial charge in [-0.2, -0.15) is 0 Å². The highest BCUT2D eigenvalue weighted by molar-refractivity contribution is 7.25. The summed E-state index contributed by atoms with van der Waals surface area (Å²) in [4.78, 5) is 10.5. The third-order valence-corrected chi connectivity index (χ3v) is 9.50. The molecule has 1 aliphatic rings. The normalized spacial score (nSPS) is 12.6. The standard InChI is InChI=1S/C36H19N3OS/c1-2-9-21-17-31-26(16-20(21)8-1)35-34-27(12-7-14-30(34)40-31)37-36(38-35)39-28-13-5-3-10-22(28)24-18-25-23-11-4-6-15-32(23)41-33(25)19-29(24)39/h1-19H. The molecule has 0 unspecified atom stereocenters. The topological polar surface area (TPSA) is 39.9 Å². The van der Waals surface area contributed by atoms with E-state index in [-0.39, 0.29) is 0 Å². The Hall–Kier alpha value is -5.26. The second kappa shape index (κ2) is 7.68. The van der Waals surface area contributed by atoms with Gasteiger partial charge in [0.05, 0.1) is 27.6 Å². The number of hydrogen-bond acceptors (Lipinski definition) is 4. The third kappa shape index (κ3) is 2.88. The largest absolute Gasteiger partial charge is 0.456 e. The summed E-state index contributed by atoms with van der Waals surface area (Å²) >= 11 is 1.83. The zero-order chi connectivity index (χ0) is 26.7. The molecule has 0 radical (unpaired) electrons. The van der Waals surface area contributed by atoms with E-state index in [1.165, 1.54) is 30.9 Å². The molecule has 0 spiro atoms. The van der Waals surface area contributed by atoms with Gasteiger partial charge in [0.1, 0.15) is 11.5 Å². The maximum Gasteiger partial charge on any atom is 0.235 e. The van der Waals surface area contributed by atoms with Crippen LogP contribution in [-0.2, 0) is 0 Å². The fourth-order valence-corrected chi connectivity index (χ4v) is 7.65. The van der Waals surface area contributed by atoms with E-state index in [9.17, 15) is 0 Å². The van der Waals surface area contributed by atoms with Crippen LogP contribution in [-0.4, -0.2) is 14.5 Å². The summed E-state index contributed by atoms with van der Waals surface area (Å²) in [7, 11) is 0. The van der Waals surface area contributed by atoms with Crippen LogP contribution in [0, 0.1) is 0 Å². The zero-order valence-corrected chi connectivity index (χ0v) is 22.4. The smallest absolute Gasteiger partial charge is 0.235 e. The molecule has 4 nitrogen and oxygen atoms in total. The quantitative estimate of drug-likeness (QED) is 0.208. The molecular weight excluding hydrogens is 522 g/mol. The predicted molar refractivity (Wildman–Crippen MR) is 170 cm³/mol. The Morgan fingerprint density at radius 2 is 1.37 bits per heavy atom. The lowest BCUT2D eigenvalue weighted by molar-refractivity contribution is 0.487. The van der Waals surface area contributed by atoms with E-state index in [1.54, 1.807) is 0 Å². The van der Waals surface area contributed by atoms with Gasteiger partial charge in [-0.3, -0.25) is 4.57 Å². The Morgan fingerprint density at radius 1 is 0.561 bits per heavy atom. The lowest BCUT2D eigenvalue weighted by Crippen LogP contribution is -2.06. The van der Waals surface area contributed by atoms with Crippen LogP contribution < -0.4 is 4.74 Å². The molecule has 0 bridgehead atoms. The Kier molecular flexibility index (Phi) is 4.04. The van der Waals surface area contributed by atoms with Crippen LogP contribution >= 0.6 is 11.3 Å². The summed E-state index contributed by atoms with van der Waals surface area (Å²) in [5.41, 5.74) is 4.97. The second-order valence-corrected chi connectivity index (χ2v) is 11.7. The van der Waals surface area contributed by atoms with Gasteiger partial charge < -0.3 is 4.74 Å². The van der Waals surface area contributed by atoms with Crippen LogP contribution in [0.25, 0.3) is 80.9 Å². The highest BCUT2D eigenvalue weighted by Crippen LogP contribution is 2.47. The molecule has 3 aromatic heterocycles. The fourth-order valence-electron chi connectivity index (χ4n) is 6.53. The number of aromatic nitrogens is 3. The number of thiophene rings is 1. The molecule has 41 heavy (non-hydrogen) atoms. The van der Waals surface area contributed by atoms with E-state index < -0.39 is 0 Å². The predicted octanol–water partition coefficient (Wildman–Crippen LogP) is 10.0. The van der Waals surface area contributed by atoms with Crippen molar-refractivity contribution >= 4 is 75.0 Å². The van der Waals surface area contributed by atoms with Gasteiger partial charge in [0.15, 0.2) is 0 Å². The van der Waals surface area contributed by atoms with Crippen LogP contribution in [0.1, 0.15) is 0 Å². The number of rotatable bonds is 1. The Bertz CT molecular complexity index is 2580. The molecule has 6 aromatic carbocycles. The Balaban J connectivity index is 1.33. The monoisotopic (exact) mass is 541 g/mol. The van der Waals surface area contributed by atoms with E-state index in [2.05, 4.69) is 108 Å². The molecule has 0 saturated carbocycles. The van der Waals surface area contributed by atoms with Crippen LogP contribution in [0.4, 0.5) is 0 Å². The molecule has 0 amide bonds. The second-order valence-electron chi connectivity index (χ2n) is 10.6. The SMILES string of the molecule is c1ccc2cc3c(cc2c1)Oc1cccc2nc(-n4c5ccccc5c5cc6c(cc54)sc4ccccc46)nc-3c12. The van der Waals surface area contributed by atoms with Gasteiger partial charge in [0.25, 0.3) is 0 Å². The molecule has 0 saturated heterocycles. The number of hydrogen-bond donors (Lipinski definition) is 0. The maximum atomic E-state index is 6.42. The summed E-state index contributed by atoms with van der Waals surface area (Å²) in [5.74, 6) is 2.28. The molecule has 190 valence electrons. The first-order valence-electron chi connectivity index (χ1n) is 13.7. The molecule has 0 fully saturated rings. The molecule has 1 aliphatic heterocycles. The number of benzene rings is 6. The van der Waals surface area contributed by atoms with Crippen LogP contribution in [0.15, 0.2) is 115 Å². The van der Waals surface area contributed by atoms with Crippen molar-refractivity contribution in [3.05, 3.63) is 115 Å². The molecule has 0 N–H and O–H groups in total. The van der Waals surface area contributed by atoms with E-state index in [4.69, 9.17) is 14.7 Å². The average Bonchev–Trinajstić information content (AvgIpc) is 3.54. The average molecular weight is 542 g/mol. The molecule has 10 rings (SSSR count). The van der Waals surface area contributed by atoms with Crippen LogP contribution in [0.5, 0.6) is 11.5 Å². The zero-order valence-electron chi connectivity index (χ0n) is 21.6. The number of fused-ring (bicyclic) bond motifs is 9. The molecule has 4 heterocycles. The summed E-state index contributed by atoms with van der Waals surface area (Å²) in [6.07, 6.45) is 0. The number of para-hydroxylation sites is 1. The van der Waals surface area contributed by atoms with E-state index in [1.807, 2.05) is 23.5 Å². The summed E-state index contributed by atoms with van der Waals surface area (Å²) in [6.45, 7) is 0. The number of nitrogens with zero attached hydrogens (tertiary/aromatic N) is 3. The lowest BCUT2D eigenvalue weighted by atomic mass is 9.98. The molecule has 9 aromatic rings. The van der Waals surface area contributed by atoms with E-state index >= 15 is 0 Å². The lowest BCUT2D eigenvalue weighted by Gasteiger charge is -2.21. The summed E-state index contributed by atoms with van der Waals surface area (Å²) in [5, 5.41) is 8.24. The molecular formula is C36H19N3OS. The molecule has 5 heteroatoms. The van der Waals surface area contributed by atoms with Gasteiger partial charge in [0, 0.05) is 36.5 Å². The highest BCUT2D eigenvalue weighted by Gasteiger charge is 2.25. The van der Waals surface area contributed by atoms with E-state index in [0.717, 1.165) is 55.5 Å². The third-order valence-electron chi connectivity index (χ3n) is 8.37. The maximum absolute atomic E-state index is 6.42. The fraction of sp³-hybridized carbons (Fsp3) is 0. The first-order valence-corrected chi connectivity index (χ1v) is 14.5. The van der Waals surface area contributed by atoms with Crippen molar-refractivity contribution in [3.8, 4) is 28.7 Å². The minimum atomic E-state index is 0.664. The first-order chi connectivity index (χ1) is 20.3. The Morgan fingerprint density at radius 3 is 2.29 bits per heavy atom. The van der Waals surface area contributed by atoms with Crippen molar-refractivity contribution in [3.63, 3.8) is 0 Å². The first kappa shape index (κ1) is 21.5. The van der Waals surface area contributed by atoms with Gasteiger partial charge in [-0.25, -0.2) is 9.97 Å². The van der Waals surface area contributed by atoms with E-state index in [0.29, 0.717) is 5.95 Å². The van der Waals surface area contributed by atoms with Gasteiger partial charge in [-0.1, -0.05) is 66.7 Å². The highest BCUT2D eigenvalue weighted by atomic mass is 32.1. The van der Waals surface area contributed by atoms with Crippen molar-refractivity contribution in [2.75, 3.05) is 0 Å². The summed E-state index contributed by atoms with van der Waals surface area (Å²) in [6, 6.07) is 40.7. The number of ether oxygens (including phenoxy) is 1. The minimum absolute atomic E-state index is 0.664. The van der Waals surface area contributed by atoms with Gasteiger partial charge in [0.2, 0.25) is 5.95 Å².